The van der Waals surface area contributed by atoms with E-state index >= 15 is 0 Å². The molecule has 88 valence electrons. The normalized spacial score (nSPS) is 13.1. The van der Waals surface area contributed by atoms with Crippen LogP contribution in [-0.2, 0) is 0 Å². The number of phenols is 2. The van der Waals surface area contributed by atoms with Crippen molar-refractivity contribution < 1.29 is 10.2 Å². The maximum atomic E-state index is 9.84. The van der Waals surface area contributed by atoms with Crippen molar-refractivity contribution in [1.82, 2.24) is 0 Å². The van der Waals surface area contributed by atoms with E-state index in [1.807, 2.05) is 0 Å². The lowest BCUT2D eigenvalue weighted by Crippen LogP contribution is -2.21. The predicted molar refractivity (Wildman–Crippen MR) is 68.1 cm³/mol. The molecule has 0 aliphatic heterocycles. The largest absolute Gasteiger partial charge is 0.507 e. The highest BCUT2D eigenvalue weighted by Crippen LogP contribution is 2.35. The molecule has 18 heavy (non-hydrogen) atoms. The van der Waals surface area contributed by atoms with Gasteiger partial charge in [-0.25, -0.2) is 0 Å². The van der Waals surface area contributed by atoms with Gasteiger partial charge in [-0.15, -0.1) is 0 Å². The number of hydrogen-bond acceptors (Lipinski definition) is 4. The molecular weight excluding hydrogens is 228 g/mol. The van der Waals surface area contributed by atoms with Crippen LogP contribution in [0, 0.1) is 10.8 Å². The fourth-order valence-electron chi connectivity index (χ4n) is 2.29. The van der Waals surface area contributed by atoms with Crippen LogP contribution in [0.1, 0.15) is 22.3 Å². The summed E-state index contributed by atoms with van der Waals surface area (Å²) in [5, 5.41) is 35.9. The fraction of sp³-hybridized carbons (Fsp3) is 0. The minimum atomic E-state index is -0.0174. The lowest BCUT2D eigenvalue weighted by molar-refractivity contribution is 0.471. The van der Waals surface area contributed by atoms with Crippen molar-refractivity contribution in [3.63, 3.8) is 0 Å². The van der Waals surface area contributed by atoms with Gasteiger partial charge in [0.05, 0.1) is 22.6 Å². The first-order chi connectivity index (χ1) is 8.61. The molecule has 4 N–H and O–H groups in total. The topological polar surface area (TPSA) is 88.2 Å². The molecule has 4 heteroatoms. The van der Waals surface area contributed by atoms with Crippen LogP contribution in [0.15, 0.2) is 36.4 Å². The number of nitrogens with one attached hydrogen (secondary N) is 2. The van der Waals surface area contributed by atoms with Crippen molar-refractivity contribution in [3.8, 4) is 11.5 Å². The van der Waals surface area contributed by atoms with Crippen molar-refractivity contribution in [2.24, 2.45) is 0 Å². The van der Waals surface area contributed by atoms with Crippen LogP contribution in [0.4, 0.5) is 0 Å². The molecule has 0 heterocycles. The van der Waals surface area contributed by atoms with Crippen LogP contribution in [0.25, 0.3) is 0 Å². The SMILES string of the molecule is N=C1c2cccc(O)c2C(=N)c2cccc(O)c21. The Morgan fingerprint density at radius 2 is 1.06 bits per heavy atom. The first-order valence-electron chi connectivity index (χ1n) is 5.44. The van der Waals surface area contributed by atoms with Crippen LogP contribution in [0.5, 0.6) is 11.5 Å². The van der Waals surface area contributed by atoms with Crippen LogP contribution >= 0.6 is 0 Å². The van der Waals surface area contributed by atoms with Gasteiger partial charge in [-0.05, 0) is 12.1 Å². The summed E-state index contributed by atoms with van der Waals surface area (Å²) in [6, 6.07) is 9.58. The van der Waals surface area contributed by atoms with Crippen LogP contribution < -0.4 is 0 Å². The van der Waals surface area contributed by atoms with Gasteiger partial charge in [0.1, 0.15) is 11.5 Å². The third-order valence-corrected chi connectivity index (χ3v) is 3.12. The smallest absolute Gasteiger partial charge is 0.125 e. The summed E-state index contributed by atoms with van der Waals surface area (Å²) in [6.07, 6.45) is 0. The summed E-state index contributed by atoms with van der Waals surface area (Å²) in [4.78, 5) is 0. The number of hydrogen-bond donors (Lipinski definition) is 4. The zero-order chi connectivity index (χ0) is 12.9. The quantitative estimate of drug-likeness (QED) is 0.484. The van der Waals surface area contributed by atoms with Gasteiger partial charge in [0.25, 0.3) is 0 Å². The van der Waals surface area contributed by atoms with Gasteiger partial charge in [-0.3, -0.25) is 10.8 Å². The van der Waals surface area contributed by atoms with Gasteiger partial charge >= 0.3 is 0 Å². The number of benzene rings is 2. The van der Waals surface area contributed by atoms with Crippen LogP contribution in [-0.4, -0.2) is 21.6 Å². The molecule has 1 aliphatic carbocycles. The monoisotopic (exact) mass is 238 g/mol. The zero-order valence-electron chi connectivity index (χ0n) is 9.36. The Labute approximate surface area is 103 Å². The summed E-state index contributed by atoms with van der Waals surface area (Å²) in [5.74, 6) is -0.0347. The number of aromatic hydroxyl groups is 2. The molecule has 2 aromatic rings. The summed E-state index contributed by atoms with van der Waals surface area (Å²) < 4.78 is 0. The van der Waals surface area contributed by atoms with Crippen LogP contribution in [0.2, 0.25) is 0 Å². The average Bonchev–Trinajstić information content (AvgIpc) is 2.35. The summed E-state index contributed by atoms with van der Waals surface area (Å²) >= 11 is 0. The van der Waals surface area contributed by atoms with Gasteiger partial charge in [-0.1, -0.05) is 24.3 Å². The summed E-state index contributed by atoms with van der Waals surface area (Å²) in [5.41, 5.74) is 1.89. The fourth-order valence-corrected chi connectivity index (χ4v) is 2.29. The second-order valence-corrected chi connectivity index (χ2v) is 4.15. The molecule has 0 radical (unpaired) electrons. The molecule has 0 saturated carbocycles. The molecule has 2 aromatic carbocycles. The Morgan fingerprint density at radius 1 is 0.667 bits per heavy atom. The molecule has 4 nitrogen and oxygen atoms in total. The minimum Gasteiger partial charge on any atom is -0.507 e. The van der Waals surface area contributed by atoms with Gasteiger partial charge in [-0.2, -0.15) is 0 Å². The van der Waals surface area contributed by atoms with Gasteiger partial charge in [0.2, 0.25) is 0 Å². The number of rotatable bonds is 0. The molecule has 1 aliphatic rings. The number of phenolic OH excluding ortho intramolecular Hbond substituents is 2. The molecule has 0 fully saturated rings. The van der Waals surface area contributed by atoms with Crippen molar-refractivity contribution in [2.45, 2.75) is 0 Å². The first-order valence-corrected chi connectivity index (χ1v) is 5.44. The second-order valence-electron chi connectivity index (χ2n) is 4.15. The molecule has 0 bridgehead atoms. The van der Waals surface area contributed by atoms with Gasteiger partial charge < -0.3 is 10.2 Å². The van der Waals surface area contributed by atoms with E-state index in [1.54, 1.807) is 24.3 Å². The Balaban J connectivity index is 2.40. The molecule has 0 aromatic heterocycles. The highest BCUT2D eigenvalue weighted by molar-refractivity contribution is 6.31. The molecule has 3 rings (SSSR count). The predicted octanol–water partition coefficient (Wildman–Crippen LogP) is 2.24. The van der Waals surface area contributed by atoms with Crippen LogP contribution in [0.3, 0.4) is 0 Å². The van der Waals surface area contributed by atoms with Gasteiger partial charge in [0, 0.05) is 11.1 Å². The van der Waals surface area contributed by atoms with Crippen molar-refractivity contribution >= 4 is 11.4 Å². The minimum absolute atomic E-state index is 0.0174. The van der Waals surface area contributed by atoms with E-state index in [0.717, 1.165) is 0 Å². The van der Waals surface area contributed by atoms with E-state index in [0.29, 0.717) is 22.3 Å². The lowest BCUT2D eigenvalue weighted by atomic mass is 9.82. The van der Waals surface area contributed by atoms with E-state index in [9.17, 15) is 10.2 Å². The highest BCUT2D eigenvalue weighted by Gasteiger charge is 2.28. The Morgan fingerprint density at radius 3 is 1.44 bits per heavy atom. The standard InChI is InChI=1S/C14H10N2O2/c15-13-7-3-1-5-9(17)11(7)14(16)8-4-2-6-10(18)12(8)13/h1-6,15-18H. The van der Waals surface area contributed by atoms with Gasteiger partial charge in [0.15, 0.2) is 0 Å². The van der Waals surface area contributed by atoms with Crippen molar-refractivity contribution in [2.75, 3.05) is 0 Å². The van der Waals surface area contributed by atoms with E-state index in [2.05, 4.69) is 0 Å². The Bertz CT molecular complexity index is 643. The Hall–Kier alpha value is -2.62. The Kier molecular flexibility index (Phi) is 2.01. The lowest BCUT2D eigenvalue weighted by Gasteiger charge is -2.22. The van der Waals surface area contributed by atoms with E-state index in [-0.39, 0.29) is 22.9 Å². The highest BCUT2D eigenvalue weighted by atomic mass is 16.3. The third kappa shape index (κ3) is 1.20. The van der Waals surface area contributed by atoms with Crippen molar-refractivity contribution in [3.05, 3.63) is 58.7 Å². The van der Waals surface area contributed by atoms with Crippen molar-refractivity contribution in [1.29, 1.82) is 10.8 Å². The number of fused-ring (bicyclic) bond motifs is 2. The average molecular weight is 238 g/mol. The molecule has 0 unspecified atom stereocenters. The second kappa shape index (κ2) is 3.43. The third-order valence-electron chi connectivity index (χ3n) is 3.12. The maximum absolute atomic E-state index is 9.84. The molecule has 0 amide bonds. The van der Waals surface area contributed by atoms with E-state index < -0.39 is 0 Å². The molecule has 0 atom stereocenters. The molecule has 0 saturated heterocycles. The molecular formula is C14H10N2O2. The summed E-state index contributed by atoms with van der Waals surface area (Å²) in [7, 11) is 0. The first kappa shape index (κ1) is 10.5. The van der Waals surface area contributed by atoms with E-state index in [4.69, 9.17) is 10.8 Å². The maximum Gasteiger partial charge on any atom is 0.125 e. The van der Waals surface area contributed by atoms with E-state index in [1.165, 1.54) is 12.1 Å². The summed E-state index contributed by atoms with van der Waals surface area (Å²) in [6.45, 7) is 0. The zero-order valence-corrected chi connectivity index (χ0v) is 9.36. The molecule has 0 spiro atoms.